The van der Waals surface area contributed by atoms with Gasteiger partial charge in [0.25, 0.3) is 0 Å². The van der Waals surface area contributed by atoms with Crippen LogP contribution in [0.3, 0.4) is 0 Å². The van der Waals surface area contributed by atoms with E-state index in [9.17, 15) is 0 Å². The van der Waals surface area contributed by atoms with Crippen LogP contribution in [0.5, 0.6) is 0 Å². The minimum Gasteiger partial charge on any atom is -0.344 e. The molecule has 0 radical (unpaired) electrons. The summed E-state index contributed by atoms with van der Waals surface area (Å²) in [6.45, 7) is 5.64. The van der Waals surface area contributed by atoms with E-state index in [2.05, 4.69) is 18.4 Å². The molecule has 0 bridgehead atoms. The SMILES string of the molecule is CCCCc1cc(C2(C)OCCO2)cs1. The number of rotatable bonds is 4. The van der Waals surface area contributed by atoms with Crippen LogP contribution in [-0.4, -0.2) is 13.2 Å². The third-order valence-corrected chi connectivity index (χ3v) is 3.79. The topological polar surface area (TPSA) is 18.5 Å². The van der Waals surface area contributed by atoms with E-state index in [0.717, 1.165) is 0 Å². The van der Waals surface area contributed by atoms with Crippen molar-refractivity contribution in [1.82, 2.24) is 0 Å². The van der Waals surface area contributed by atoms with Crippen LogP contribution < -0.4 is 0 Å². The Labute approximate surface area is 95.2 Å². The maximum atomic E-state index is 5.63. The first-order valence-corrected chi connectivity index (χ1v) is 6.48. The second kappa shape index (κ2) is 4.64. The van der Waals surface area contributed by atoms with Gasteiger partial charge in [-0.2, -0.15) is 0 Å². The molecule has 2 rings (SSSR count). The Kier molecular flexibility index (Phi) is 3.44. The summed E-state index contributed by atoms with van der Waals surface area (Å²) in [6.07, 6.45) is 3.69. The van der Waals surface area contributed by atoms with Gasteiger partial charge >= 0.3 is 0 Å². The van der Waals surface area contributed by atoms with E-state index in [0.29, 0.717) is 13.2 Å². The van der Waals surface area contributed by atoms with Gasteiger partial charge in [-0.3, -0.25) is 0 Å². The molecule has 15 heavy (non-hydrogen) atoms. The minimum atomic E-state index is -0.485. The van der Waals surface area contributed by atoms with E-state index in [1.54, 1.807) is 0 Å². The predicted molar refractivity (Wildman–Crippen MR) is 62.2 cm³/mol. The van der Waals surface area contributed by atoms with Crippen molar-refractivity contribution in [3.05, 3.63) is 21.9 Å². The van der Waals surface area contributed by atoms with Crippen LogP contribution in [0.2, 0.25) is 0 Å². The molecule has 0 saturated carbocycles. The van der Waals surface area contributed by atoms with Crippen LogP contribution in [0, 0.1) is 0 Å². The molecule has 0 atom stereocenters. The summed E-state index contributed by atoms with van der Waals surface area (Å²) in [5, 5.41) is 2.16. The molecule has 1 aromatic heterocycles. The van der Waals surface area contributed by atoms with Gasteiger partial charge in [-0.1, -0.05) is 13.3 Å². The molecule has 0 spiro atoms. The number of aryl methyl sites for hydroxylation is 1. The highest BCUT2D eigenvalue weighted by atomic mass is 32.1. The van der Waals surface area contributed by atoms with E-state index < -0.39 is 5.79 Å². The highest BCUT2D eigenvalue weighted by Crippen LogP contribution is 2.33. The molecule has 1 fully saturated rings. The molecule has 0 amide bonds. The molecule has 1 aromatic rings. The van der Waals surface area contributed by atoms with Gasteiger partial charge in [0.05, 0.1) is 13.2 Å². The number of hydrogen-bond donors (Lipinski definition) is 0. The molecule has 2 heterocycles. The Morgan fingerprint density at radius 3 is 2.80 bits per heavy atom. The Morgan fingerprint density at radius 1 is 1.40 bits per heavy atom. The Bertz CT molecular complexity index is 313. The second-order valence-corrected chi connectivity index (χ2v) is 5.04. The van der Waals surface area contributed by atoms with Crippen molar-refractivity contribution < 1.29 is 9.47 Å². The van der Waals surface area contributed by atoms with Gasteiger partial charge in [-0.05, 0) is 31.2 Å². The zero-order valence-corrected chi connectivity index (χ0v) is 10.2. The Morgan fingerprint density at radius 2 is 2.13 bits per heavy atom. The number of thiophene rings is 1. The average molecular weight is 226 g/mol. The van der Waals surface area contributed by atoms with E-state index in [1.165, 1.54) is 29.7 Å². The summed E-state index contributed by atoms with van der Waals surface area (Å²) < 4.78 is 11.3. The third kappa shape index (κ3) is 2.41. The lowest BCUT2D eigenvalue weighted by molar-refractivity contribution is -0.149. The smallest absolute Gasteiger partial charge is 0.192 e. The fraction of sp³-hybridized carbons (Fsp3) is 0.667. The molecule has 3 heteroatoms. The van der Waals surface area contributed by atoms with Crippen LogP contribution >= 0.6 is 11.3 Å². The van der Waals surface area contributed by atoms with Gasteiger partial charge in [0.2, 0.25) is 0 Å². The van der Waals surface area contributed by atoms with Gasteiger partial charge < -0.3 is 9.47 Å². The lowest BCUT2D eigenvalue weighted by Gasteiger charge is -2.20. The van der Waals surface area contributed by atoms with Gasteiger partial charge in [0, 0.05) is 10.4 Å². The van der Waals surface area contributed by atoms with Gasteiger partial charge in [0.15, 0.2) is 5.79 Å². The standard InChI is InChI=1S/C12H18O2S/c1-3-4-5-11-8-10(9-15-11)12(2)13-6-7-14-12/h8-9H,3-7H2,1-2H3. The van der Waals surface area contributed by atoms with Crippen molar-refractivity contribution in [1.29, 1.82) is 0 Å². The summed E-state index contributed by atoms with van der Waals surface area (Å²) >= 11 is 1.81. The van der Waals surface area contributed by atoms with Crippen molar-refractivity contribution in [3.8, 4) is 0 Å². The van der Waals surface area contributed by atoms with E-state index in [4.69, 9.17) is 9.47 Å². The molecule has 1 saturated heterocycles. The molecule has 0 N–H and O–H groups in total. The average Bonchev–Trinajstić information content (AvgIpc) is 2.84. The normalized spacial score (nSPS) is 19.6. The van der Waals surface area contributed by atoms with Crippen molar-refractivity contribution in [3.63, 3.8) is 0 Å². The quantitative estimate of drug-likeness (QED) is 0.784. The molecule has 2 nitrogen and oxygen atoms in total. The van der Waals surface area contributed by atoms with Crippen LogP contribution in [0.4, 0.5) is 0 Å². The number of unbranched alkanes of at least 4 members (excludes halogenated alkanes) is 1. The second-order valence-electron chi connectivity index (χ2n) is 4.05. The first-order chi connectivity index (χ1) is 7.24. The maximum absolute atomic E-state index is 5.63. The summed E-state index contributed by atoms with van der Waals surface area (Å²) in [5.74, 6) is -0.485. The molecule has 0 aliphatic carbocycles. The summed E-state index contributed by atoms with van der Waals surface area (Å²) in [4.78, 5) is 1.44. The Balaban J connectivity index is 2.05. The zero-order valence-electron chi connectivity index (χ0n) is 9.41. The molecule has 0 unspecified atom stereocenters. The molecular weight excluding hydrogens is 208 g/mol. The molecular formula is C12H18O2S. The van der Waals surface area contributed by atoms with Crippen molar-refractivity contribution in [2.45, 2.75) is 38.9 Å². The van der Waals surface area contributed by atoms with Crippen molar-refractivity contribution >= 4 is 11.3 Å². The molecule has 0 aromatic carbocycles. The van der Waals surface area contributed by atoms with E-state index >= 15 is 0 Å². The molecule has 1 aliphatic heterocycles. The number of hydrogen-bond acceptors (Lipinski definition) is 3. The third-order valence-electron chi connectivity index (χ3n) is 2.79. The van der Waals surface area contributed by atoms with Crippen molar-refractivity contribution in [2.75, 3.05) is 13.2 Å². The van der Waals surface area contributed by atoms with Crippen molar-refractivity contribution in [2.24, 2.45) is 0 Å². The highest BCUT2D eigenvalue weighted by molar-refractivity contribution is 7.10. The van der Waals surface area contributed by atoms with Gasteiger partial charge in [-0.25, -0.2) is 0 Å². The number of ether oxygens (including phenoxy) is 2. The van der Waals surface area contributed by atoms with Crippen LogP contribution in [0.15, 0.2) is 11.4 Å². The highest BCUT2D eigenvalue weighted by Gasteiger charge is 2.33. The Hall–Kier alpha value is -0.380. The summed E-state index contributed by atoms with van der Waals surface area (Å²) in [6, 6.07) is 2.23. The first-order valence-electron chi connectivity index (χ1n) is 5.60. The fourth-order valence-corrected chi connectivity index (χ4v) is 2.80. The lowest BCUT2D eigenvalue weighted by Crippen LogP contribution is -2.21. The van der Waals surface area contributed by atoms with Gasteiger partial charge in [0.1, 0.15) is 0 Å². The largest absolute Gasteiger partial charge is 0.344 e. The van der Waals surface area contributed by atoms with Crippen LogP contribution in [0.25, 0.3) is 0 Å². The molecule has 1 aliphatic rings. The first kappa shape index (κ1) is 11.1. The maximum Gasteiger partial charge on any atom is 0.192 e. The van der Waals surface area contributed by atoms with E-state index in [1.807, 2.05) is 18.3 Å². The monoisotopic (exact) mass is 226 g/mol. The summed E-state index contributed by atoms with van der Waals surface area (Å²) in [7, 11) is 0. The fourth-order valence-electron chi connectivity index (χ4n) is 1.78. The van der Waals surface area contributed by atoms with Crippen LogP contribution in [0.1, 0.15) is 37.1 Å². The predicted octanol–water partition coefficient (Wildman–Crippen LogP) is 3.31. The van der Waals surface area contributed by atoms with E-state index in [-0.39, 0.29) is 0 Å². The minimum absolute atomic E-state index is 0.485. The zero-order chi connectivity index (χ0) is 10.7. The summed E-state index contributed by atoms with van der Waals surface area (Å²) in [5.41, 5.74) is 1.18. The van der Waals surface area contributed by atoms with Gasteiger partial charge in [-0.15, -0.1) is 11.3 Å². The molecule has 84 valence electrons. The lowest BCUT2D eigenvalue weighted by atomic mass is 10.1. The van der Waals surface area contributed by atoms with Crippen LogP contribution in [-0.2, 0) is 21.7 Å².